The lowest BCUT2D eigenvalue weighted by Crippen LogP contribution is -2.40. The lowest BCUT2D eigenvalue weighted by molar-refractivity contribution is -0.163. The molecule has 0 fully saturated rings. The van der Waals surface area contributed by atoms with E-state index in [1.807, 2.05) is 19.0 Å². The van der Waals surface area contributed by atoms with E-state index in [2.05, 4.69) is 0 Å². The molecule has 0 heterocycles. The van der Waals surface area contributed by atoms with E-state index in [0.29, 0.717) is 18.9 Å². The van der Waals surface area contributed by atoms with Crippen molar-refractivity contribution in [3.05, 3.63) is 24.3 Å². The topological polar surface area (TPSA) is 41.6 Å². The summed E-state index contributed by atoms with van der Waals surface area (Å²) in [5, 5.41) is 1.74. The fraction of sp³-hybridized carbons (Fsp3) is 0.462. The Bertz CT molecular complexity index is 481. The third-order valence-corrected chi connectivity index (χ3v) is 2.48. The number of nitrogens with zero attached hydrogens (tertiary/aromatic N) is 1. The van der Waals surface area contributed by atoms with Crippen LogP contribution < -0.4 is 10.1 Å². The van der Waals surface area contributed by atoms with Crippen molar-refractivity contribution >= 4 is 11.6 Å². The summed E-state index contributed by atoms with van der Waals surface area (Å²) < 4.78 is 55.1. The monoisotopic (exact) mass is 308 g/mol. The predicted octanol–water partition coefficient (Wildman–Crippen LogP) is 2.47. The summed E-state index contributed by atoms with van der Waals surface area (Å²) >= 11 is 0. The predicted molar refractivity (Wildman–Crippen MR) is 70.1 cm³/mol. The van der Waals surface area contributed by atoms with Gasteiger partial charge in [-0.3, -0.25) is 4.79 Å². The molecule has 1 aromatic rings. The Balaban J connectivity index is 2.66. The number of halogens is 4. The molecule has 0 atom stereocenters. The number of alkyl halides is 4. The molecule has 0 aliphatic rings. The molecular weight excluding hydrogens is 292 g/mol. The minimum atomic E-state index is -4.73. The Kier molecular flexibility index (Phi) is 5.95. The molecule has 0 bridgehead atoms. The van der Waals surface area contributed by atoms with Crippen molar-refractivity contribution in [3.8, 4) is 5.75 Å². The average Bonchev–Trinajstić information content (AvgIpc) is 2.38. The Hall–Kier alpha value is -1.83. The molecule has 8 heteroatoms. The average molecular weight is 308 g/mol. The highest BCUT2D eigenvalue weighted by Crippen LogP contribution is 2.25. The Labute approximate surface area is 119 Å². The zero-order chi connectivity index (χ0) is 16.0. The number of benzene rings is 1. The van der Waals surface area contributed by atoms with Crippen LogP contribution in [-0.4, -0.2) is 50.4 Å². The van der Waals surface area contributed by atoms with Crippen molar-refractivity contribution < 1.29 is 27.1 Å². The van der Waals surface area contributed by atoms with Gasteiger partial charge in [0, 0.05) is 18.3 Å². The normalized spacial score (nSPS) is 11.8. The van der Waals surface area contributed by atoms with Gasteiger partial charge in [0.2, 0.25) is 0 Å². The van der Waals surface area contributed by atoms with Gasteiger partial charge < -0.3 is 15.0 Å². The van der Waals surface area contributed by atoms with E-state index in [0.717, 1.165) is 0 Å². The van der Waals surface area contributed by atoms with Crippen molar-refractivity contribution in [2.24, 2.45) is 0 Å². The number of anilines is 1. The van der Waals surface area contributed by atoms with Gasteiger partial charge >= 0.3 is 18.3 Å². The maximum absolute atomic E-state index is 12.8. The van der Waals surface area contributed by atoms with Crippen LogP contribution in [0.1, 0.15) is 0 Å². The van der Waals surface area contributed by atoms with Crippen LogP contribution in [0.25, 0.3) is 0 Å². The van der Waals surface area contributed by atoms with Gasteiger partial charge in [-0.25, -0.2) is 8.78 Å². The lowest BCUT2D eigenvalue weighted by Gasteiger charge is -2.15. The number of ether oxygens (including phenoxy) is 1. The number of hydrogen-bond acceptors (Lipinski definition) is 3. The van der Waals surface area contributed by atoms with E-state index in [9.17, 15) is 22.4 Å². The van der Waals surface area contributed by atoms with Gasteiger partial charge in [-0.15, -0.1) is 0 Å². The van der Waals surface area contributed by atoms with Crippen molar-refractivity contribution in [2.45, 2.75) is 12.3 Å². The Morgan fingerprint density at radius 3 is 2.62 bits per heavy atom. The van der Waals surface area contributed by atoms with Crippen LogP contribution >= 0.6 is 0 Å². The molecule has 1 aromatic carbocycles. The molecule has 118 valence electrons. The van der Waals surface area contributed by atoms with Crippen LogP contribution in [0.3, 0.4) is 0 Å². The van der Waals surface area contributed by atoms with Crippen LogP contribution in [0, 0.1) is 0 Å². The van der Waals surface area contributed by atoms with Gasteiger partial charge in [0.05, 0.1) is 0 Å². The Morgan fingerprint density at radius 1 is 1.38 bits per heavy atom. The molecular formula is C13H16F4N2O2. The largest absolute Gasteiger partial charge is 0.492 e. The summed E-state index contributed by atoms with van der Waals surface area (Å²) in [5.41, 5.74) is -0.0392. The number of likely N-dealkylation sites (N-methyl/N-ethyl adjacent to an activating group) is 1. The molecule has 4 nitrogen and oxygen atoms in total. The third-order valence-electron chi connectivity index (χ3n) is 2.48. The van der Waals surface area contributed by atoms with Gasteiger partial charge in [0.25, 0.3) is 0 Å². The number of rotatable bonds is 7. The van der Waals surface area contributed by atoms with E-state index in [1.165, 1.54) is 18.2 Å². The molecule has 0 aliphatic carbocycles. The van der Waals surface area contributed by atoms with Crippen LogP contribution in [0.4, 0.5) is 23.2 Å². The summed E-state index contributed by atoms with van der Waals surface area (Å²) in [4.78, 5) is 13.0. The fourth-order valence-corrected chi connectivity index (χ4v) is 1.32. The maximum Gasteiger partial charge on any atom is 0.383 e. The zero-order valence-electron chi connectivity index (χ0n) is 11.6. The molecule has 1 amide bonds. The second-order valence-electron chi connectivity index (χ2n) is 4.56. The standard InChI is InChI=1S/C13H16F4N2O2/c1-19(2)6-7-21-10-5-3-4-9(8-10)18-12(20)13(16,17)11(14)15/h3-5,8,11H,6-7H2,1-2H3,(H,18,20). The fourth-order valence-electron chi connectivity index (χ4n) is 1.32. The van der Waals surface area contributed by atoms with Gasteiger partial charge in [0.1, 0.15) is 12.4 Å². The van der Waals surface area contributed by atoms with Crippen LogP contribution in [-0.2, 0) is 4.79 Å². The van der Waals surface area contributed by atoms with E-state index in [4.69, 9.17) is 4.74 Å². The van der Waals surface area contributed by atoms with E-state index in [1.54, 1.807) is 11.4 Å². The molecule has 0 saturated carbocycles. The Morgan fingerprint density at radius 2 is 2.05 bits per heavy atom. The van der Waals surface area contributed by atoms with E-state index < -0.39 is 18.3 Å². The second kappa shape index (κ2) is 7.26. The van der Waals surface area contributed by atoms with Crippen molar-refractivity contribution in [1.29, 1.82) is 0 Å². The SMILES string of the molecule is CN(C)CCOc1cccc(NC(=O)C(F)(F)C(F)F)c1. The maximum atomic E-state index is 12.8. The minimum Gasteiger partial charge on any atom is -0.492 e. The summed E-state index contributed by atoms with van der Waals surface area (Å²) in [7, 11) is 3.71. The quantitative estimate of drug-likeness (QED) is 0.787. The van der Waals surface area contributed by atoms with Gasteiger partial charge in [0.15, 0.2) is 0 Å². The van der Waals surface area contributed by atoms with Crippen LogP contribution in [0.2, 0.25) is 0 Å². The first-order chi connectivity index (χ1) is 9.73. The van der Waals surface area contributed by atoms with Crippen LogP contribution in [0.5, 0.6) is 5.75 Å². The molecule has 0 aromatic heterocycles. The third kappa shape index (κ3) is 5.22. The number of carbonyl (C=O) groups is 1. The molecule has 0 unspecified atom stereocenters. The zero-order valence-corrected chi connectivity index (χ0v) is 11.6. The summed E-state index contributed by atoms with van der Waals surface area (Å²) in [5.74, 6) is -6.44. The molecule has 1 N–H and O–H groups in total. The van der Waals surface area contributed by atoms with Crippen molar-refractivity contribution in [2.75, 3.05) is 32.6 Å². The first kappa shape index (κ1) is 17.2. The number of carbonyl (C=O) groups excluding carboxylic acids is 1. The lowest BCUT2D eigenvalue weighted by atomic mass is 10.2. The minimum absolute atomic E-state index is 0.0392. The highest BCUT2D eigenvalue weighted by Gasteiger charge is 2.48. The molecule has 0 spiro atoms. The highest BCUT2D eigenvalue weighted by atomic mass is 19.3. The van der Waals surface area contributed by atoms with E-state index in [-0.39, 0.29) is 5.69 Å². The molecule has 21 heavy (non-hydrogen) atoms. The highest BCUT2D eigenvalue weighted by molar-refractivity contribution is 5.96. The summed E-state index contributed by atoms with van der Waals surface area (Å²) in [6.45, 7) is 0.998. The van der Waals surface area contributed by atoms with Gasteiger partial charge in [-0.2, -0.15) is 8.78 Å². The summed E-state index contributed by atoms with van der Waals surface area (Å²) in [6, 6.07) is 5.62. The molecule has 0 saturated heterocycles. The molecule has 0 radical (unpaired) electrons. The number of hydrogen-bond donors (Lipinski definition) is 1. The van der Waals surface area contributed by atoms with Gasteiger partial charge in [-0.05, 0) is 26.2 Å². The smallest absolute Gasteiger partial charge is 0.383 e. The van der Waals surface area contributed by atoms with Crippen molar-refractivity contribution in [1.82, 2.24) is 4.90 Å². The second-order valence-corrected chi connectivity index (χ2v) is 4.56. The molecule has 0 aliphatic heterocycles. The van der Waals surface area contributed by atoms with Gasteiger partial charge in [-0.1, -0.05) is 6.07 Å². The summed E-state index contributed by atoms with van der Waals surface area (Å²) in [6.07, 6.45) is -4.06. The van der Waals surface area contributed by atoms with Crippen LogP contribution in [0.15, 0.2) is 24.3 Å². The molecule has 1 rings (SSSR count). The number of amides is 1. The first-order valence-corrected chi connectivity index (χ1v) is 6.08. The first-order valence-electron chi connectivity index (χ1n) is 6.08. The van der Waals surface area contributed by atoms with E-state index >= 15 is 0 Å². The number of nitrogens with one attached hydrogen (secondary N) is 1. The van der Waals surface area contributed by atoms with Crippen molar-refractivity contribution in [3.63, 3.8) is 0 Å².